The highest BCUT2D eigenvalue weighted by Gasteiger charge is 2.25. The average Bonchev–Trinajstić information content (AvgIpc) is 2.77. The van der Waals surface area contributed by atoms with Crippen molar-refractivity contribution in [3.63, 3.8) is 0 Å². The summed E-state index contributed by atoms with van der Waals surface area (Å²) in [6.07, 6.45) is 4.59. The van der Waals surface area contributed by atoms with E-state index in [1.807, 2.05) is 11.6 Å². The van der Waals surface area contributed by atoms with Gasteiger partial charge in [-0.05, 0) is 39.2 Å². The maximum absolute atomic E-state index is 5.81. The minimum absolute atomic E-state index is 0.173. The van der Waals surface area contributed by atoms with Crippen molar-refractivity contribution in [1.29, 1.82) is 0 Å². The first-order valence-corrected chi connectivity index (χ1v) is 6.85. The summed E-state index contributed by atoms with van der Waals surface area (Å²) in [6, 6.07) is 2.31. The third kappa shape index (κ3) is 3.10. The van der Waals surface area contributed by atoms with Crippen molar-refractivity contribution in [3.8, 4) is 0 Å². The van der Waals surface area contributed by atoms with E-state index in [0.29, 0.717) is 0 Å². The topological polar surface area (TPSA) is 65.1 Å². The molecule has 1 aromatic rings. The fourth-order valence-electron chi connectivity index (χ4n) is 2.64. The van der Waals surface area contributed by atoms with Gasteiger partial charge in [0.05, 0.1) is 17.8 Å². The van der Waals surface area contributed by atoms with Crippen LogP contribution in [0.3, 0.4) is 0 Å². The SMILES string of the molecule is CCn1nc(C)cc1CC(NN)C1CCCCO1. The summed E-state index contributed by atoms with van der Waals surface area (Å²) in [7, 11) is 0. The summed E-state index contributed by atoms with van der Waals surface area (Å²) in [6.45, 7) is 5.89. The molecule has 18 heavy (non-hydrogen) atoms. The number of hydrazine groups is 1. The molecule has 0 aliphatic carbocycles. The van der Waals surface area contributed by atoms with E-state index in [-0.39, 0.29) is 12.1 Å². The van der Waals surface area contributed by atoms with E-state index in [2.05, 4.69) is 23.5 Å². The number of nitrogens with two attached hydrogens (primary N) is 1. The van der Waals surface area contributed by atoms with Gasteiger partial charge in [0.15, 0.2) is 0 Å². The van der Waals surface area contributed by atoms with Gasteiger partial charge in [0, 0.05) is 25.3 Å². The van der Waals surface area contributed by atoms with E-state index >= 15 is 0 Å². The average molecular weight is 252 g/mol. The van der Waals surface area contributed by atoms with Crippen molar-refractivity contribution in [1.82, 2.24) is 15.2 Å². The van der Waals surface area contributed by atoms with Crippen molar-refractivity contribution >= 4 is 0 Å². The Labute approximate surface area is 109 Å². The first kappa shape index (κ1) is 13.5. The number of ether oxygens (including phenoxy) is 1. The minimum Gasteiger partial charge on any atom is -0.377 e. The van der Waals surface area contributed by atoms with Crippen LogP contribution in [0.4, 0.5) is 0 Å². The molecule has 3 N–H and O–H groups in total. The number of aromatic nitrogens is 2. The first-order chi connectivity index (χ1) is 8.74. The first-order valence-electron chi connectivity index (χ1n) is 6.85. The van der Waals surface area contributed by atoms with Crippen molar-refractivity contribution in [2.45, 2.75) is 58.2 Å². The summed E-state index contributed by atoms with van der Waals surface area (Å²) in [5.74, 6) is 5.69. The standard InChI is InChI=1S/C13H24N4O/c1-3-17-11(8-10(2)16-17)9-12(15-14)13-6-4-5-7-18-13/h8,12-13,15H,3-7,9,14H2,1-2H3. The van der Waals surface area contributed by atoms with Crippen molar-refractivity contribution in [3.05, 3.63) is 17.5 Å². The molecule has 0 bridgehead atoms. The Hall–Kier alpha value is -0.910. The lowest BCUT2D eigenvalue weighted by Gasteiger charge is -2.30. The summed E-state index contributed by atoms with van der Waals surface area (Å²) in [5.41, 5.74) is 5.21. The molecule has 1 aliphatic heterocycles. The van der Waals surface area contributed by atoms with Crippen molar-refractivity contribution in [2.24, 2.45) is 5.84 Å². The quantitative estimate of drug-likeness (QED) is 0.609. The predicted octanol–water partition coefficient (Wildman–Crippen LogP) is 1.15. The number of hydrogen-bond donors (Lipinski definition) is 2. The van der Waals surface area contributed by atoms with E-state index in [9.17, 15) is 0 Å². The summed E-state index contributed by atoms with van der Waals surface area (Å²) in [4.78, 5) is 0. The Balaban J connectivity index is 2.04. The molecule has 0 saturated carbocycles. The molecule has 0 aromatic carbocycles. The van der Waals surface area contributed by atoms with Crippen LogP contribution in [0, 0.1) is 6.92 Å². The highest BCUT2D eigenvalue weighted by Crippen LogP contribution is 2.18. The maximum atomic E-state index is 5.81. The van der Waals surface area contributed by atoms with Gasteiger partial charge in [-0.3, -0.25) is 16.0 Å². The van der Waals surface area contributed by atoms with Crippen LogP contribution in [0.25, 0.3) is 0 Å². The zero-order chi connectivity index (χ0) is 13.0. The van der Waals surface area contributed by atoms with Crippen molar-refractivity contribution < 1.29 is 4.74 Å². The normalized spacial score (nSPS) is 22.1. The highest BCUT2D eigenvalue weighted by atomic mass is 16.5. The molecule has 102 valence electrons. The smallest absolute Gasteiger partial charge is 0.0745 e. The summed E-state index contributed by atoms with van der Waals surface area (Å²) < 4.78 is 7.86. The zero-order valence-electron chi connectivity index (χ0n) is 11.4. The zero-order valence-corrected chi connectivity index (χ0v) is 11.4. The molecule has 1 aromatic heterocycles. The summed E-state index contributed by atoms with van der Waals surface area (Å²) >= 11 is 0. The van der Waals surface area contributed by atoms with Gasteiger partial charge in [0.2, 0.25) is 0 Å². The molecule has 1 fully saturated rings. The van der Waals surface area contributed by atoms with Crippen LogP contribution in [0.5, 0.6) is 0 Å². The monoisotopic (exact) mass is 252 g/mol. The van der Waals surface area contributed by atoms with Gasteiger partial charge in [-0.15, -0.1) is 0 Å². The molecule has 0 radical (unpaired) electrons. The second-order valence-electron chi connectivity index (χ2n) is 4.98. The Bertz CT molecular complexity index is 371. The molecule has 5 heteroatoms. The molecule has 2 heterocycles. The minimum atomic E-state index is 0.173. The second-order valence-corrected chi connectivity index (χ2v) is 4.98. The third-order valence-electron chi connectivity index (χ3n) is 3.59. The van der Waals surface area contributed by atoms with Crippen LogP contribution in [0.2, 0.25) is 0 Å². The van der Waals surface area contributed by atoms with Crippen LogP contribution in [-0.4, -0.2) is 28.5 Å². The number of aryl methyl sites for hydroxylation is 2. The second kappa shape index (κ2) is 6.31. The third-order valence-corrected chi connectivity index (χ3v) is 3.59. The van der Waals surface area contributed by atoms with E-state index in [1.165, 1.54) is 18.5 Å². The molecule has 1 aliphatic rings. The number of nitrogens with zero attached hydrogens (tertiary/aromatic N) is 2. The van der Waals surface area contributed by atoms with Gasteiger partial charge >= 0.3 is 0 Å². The Kier molecular flexibility index (Phi) is 4.74. The van der Waals surface area contributed by atoms with Crippen LogP contribution < -0.4 is 11.3 Å². The molecule has 2 rings (SSSR count). The van der Waals surface area contributed by atoms with E-state index < -0.39 is 0 Å². The molecule has 0 amide bonds. The van der Waals surface area contributed by atoms with Gasteiger partial charge in [-0.1, -0.05) is 0 Å². The van der Waals surface area contributed by atoms with Gasteiger partial charge < -0.3 is 4.74 Å². The Morgan fingerprint density at radius 1 is 1.61 bits per heavy atom. The largest absolute Gasteiger partial charge is 0.377 e. The molecular formula is C13H24N4O. The molecule has 0 spiro atoms. The lowest BCUT2D eigenvalue weighted by Crippen LogP contribution is -2.48. The van der Waals surface area contributed by atoms with Crippen LogP contribution in [0.1, 0.15) is 37.6 Å². The molecular weight excluding hydrogens is 228 g/mol. The van der Waals surface area contributed by atoms with Gasteiger partial charge in [-0.25, -0.2) is 0 Å². The van der Waals surface area contributed by atoms with Crippen molar-refractivity contribution in [2.75, 3.05) is 6.61 Å². The molecule has 2 unspecified atom stereocenters. The lowest BCUT2D eigenvalue weighted by atomic mass is 9.98. The predicted molar refractivity (Wildman–Crippen MR) is 71.0 cm³/mol. The fourth-order valence-corrected chi connectivity index (χ4v) is 2.64. The van der Waals surface area contributed by atoms with Gasteiger partial charge in [0.1, 0.15) is 0 Å². The van der Waals surface area contributed by atoms with E-state index in [1.54, 1.807) is 0 Å². The van der Waals surface area contributed by atoms with Gasteiger partial charge in [-0.2, -0.15) is 5.10 Å². The summed E-state index contributed by atoms with van der Waals surface area (Å²) in [5, 5.41) is 4.47. The van der Waals surface area contributed by atoms with Gasteiger partial charge in [0.25, 0.3) is 0 Å². The van der Waals surface area contributed by atoms with Crippen LogP contribution in [0.15, 0.2) is 6.07 Å². The number of nitrogens with one attached hydrogen (secondary N) is 1. The lowest BCUT2D eigenvalue weighted by molar-refractivity contribution is -0.00781. The van der Waals surface area contributed by atoms with Crippen LogP contribution in [-0.2, 0) is 17.7 Å². The Morgan fingerprint density at radius 2 is 2.44 bits per heavy atom. The Morgan fingerprint density at radius 3 is 3.06 bits per heavy atom. The van der Waals surface area contributed by atoms with E-state index in [4.69, 9.17) is 10.6 Å². The maximum Gasteiger partial charge on any atom is 0.0745 e. The number of rotatable bonds is 5. The fraction of sp³-hybridized carbons (Fsp3) is 0.769. The highest BCUT2D eigenvalue weighted by molar-refractivity contribution is 5.11. The molecule has 2 atom stereocenters. The molecule has 5 nitrogen and oxygen atoms in total. The molecule has 1 saturated heterocycles. The van der Waals surface area contributed by atoms with Crippen LogP contribution >= 0.6 is 0 Å². The van der Waals surface area contributed by atoms with E-state index in [0.717, 1.165) is 31.7 Å². The number of hydrogen-bond acceptors (Lipinski definition) is 4.